The Morgan fingerprint density at radius 2 is 1.93 bits per heavy atom. The number of nitrogens with one attached hydrogen (secondary N) is 2. The third-order valence-corrected chi connectivity index (χ3v) is 4.24. The van der Waals surface area contributed by atoms with Crippen molar-refractivity contribution in [1.29, 1.82) is 0 Å². The number of amides is 1. The van der Waals surface area contributed by atoms with Gasteiger partial charge < -0.3 is 15.4 Å². The van der Waals surface area contributed by atoms with Crippen LogP contribution in [0.1, 0.15) is 10.4 Å². The molecule has 1 aromatic heterocycles. The van der Waals surface area contributed by atoms with Gasteiger partial charge in [-0.05, 0) is 35.5 Å². The number of hydrogen-bond donors (Lipinski definition) is 3. The number of thioether (sulfide) groups is 1. The summed E-state index contributed by atoms with van der Waals surface area (Å²) < 4.78 is 0. The molecule has 2 aromatic carbocycles. The zero-order valence-corrected chi connectivity index (χ0v) is 14.6. The van der Waals surface area contributed by atoms with Gasteiger partial charge in [0.25, 0.3) is 5.91 Å². The third-order valence-electron chi connectivity index (χ3n) is 3.39. The minimum absolute atomic E-state index is 0.0573. The molecule has 3 aromatic rings. The number of benzene rings is 2. The molecule has 1 heterocycles. The fraction of sp³-hybridized carbons (Fsp3) is 0.0588. The van der Waals surface area contributed by atoms with Crippen molar-refractivity contribution in [3.8, 4) is 11.4 Å². The predicted molar refractivity (Wildman–Crippen MR) is 100 cm³/mol. The van der Waals surface area contributed by atoms with Crippen molar-refractivity contribution in [3.05, 3.63) is 59.0 Å². The summed E-state index contributed by atoms with van der Waals surface area (Å²) in [5.74, 6) is -1.27. The molecule has 0 saturated carbocycles. The zero-order chi connectivity index (χ0) is 19.2. The number of aliphatic carboxylic acids is 1. The van der Waals surface area contributed by atoms with E-state index < -0.39 is 11.9 Å². The topological polar surface area (TPSA) is 137 Å². The Morgan fingerprint density at radius 3 is 2.63 bits per heavy atom. The predicted octanol–water partition coefficient (Wildman–Crippen LogP) is 3.30. The number of H-pyrrole nitrogens is 1. The Bertz CT molecular complexity index is 990. The van der Waals surface area contributed by atoms with E-state index in [0.717, 1.165) is 11.8 Å². The lowest BCUT2D eigenvalue weighted by atomic mass is 10.1. The number of nitrogens with zero attached hydrogens (tertiary/aromatic N) is 3. The molecule has 136 valence electrons. The standard InChI is InChI=1S/C17H13N5O4S/c23-14(24)9-27-17-19-15(20-21-17)10-6-11(8-13(7-10)22-26)16(25)18-12-4-2-1-3-5-12/h1-8H,9H2,(H,18,25)(H,23,24)(H,19,20,21). The maximum atomic E-state index is 12.5. The molecule has 0 spiro atoms. The number of aromatic nitrogens is 3. The summed E-state index contributed by atoms with van der Waals surface area (Å²) in [5, 5.41) is 22.4. The fourth-order valence-electron chi connectivity index (χ4n) is 2.23. The van der Waals surface area contributed by atoms with Gasteiger partial charge in [0.1, 0.15) is 5.69 Å². The summed E-state index contributed by atoms with van der Waals surface area (Å²) in [6.45, 7) is 0. The normalized spacial score (nSPS) is 10.4. The largest absolute Gasteiger partial charge is 0.481 e. The quantitative estimate of drug-likeness (QED) is 0.420. The van der Waals surface area contributed by atoms with Crippen LogP contribution >= 0.6 is 11.8 Å². The van der Waals surface area contributed by atoms with Gasteiger partial charge in [-0.1, -0.05) is 30.0 Å². The first-order chi connectivity index (χ1) is 13.0. The molecule has 9 nitrogen and oxygen atoms in total. The van der Waals surface area contributed by atoms with Crippen molar-refractivity contribution in [2.24, 2.45) is 5.18 Å². The molecule has 1 amide bonds. The molecule has 0 saturated heterocycles. The van der Waals surface area contributed by atoms with Crippen molar-refractivity contribution in [2.75, 3.05) is 11.1 Å². The molecule has 3 rings (SSSR count). The van der Waals surface area contributed by atoms with Gasteiger partial charge in [-0.15, -0.1) is 15.1 Å². The van der Waals surface area contributed by atoms with Gasteiger partial charge in [0, 0.05) is 16.8 Å². The van der Waals surface area contributed by atoms with Gasteiger partial charge in [0.05, 0.1) is 5.75 Å². The second-order valence-electron chi connectivity index (χ2n) is 5.34. The Balaban J connectivity index is 1.86. The highest BCUT2D eigenvalue weighted by molar-refractivity contribution is 7.99. The number of carbonyl (C=O) groups is 2. The van der Waals surface area contributed by atoms with Crippen LogP contribution in [0.15, 0.2) is 58.9 Å². The fourth-order valence-corrected chi connectivity index (χ4v) is 2.76. The molecule has 10 heteroatoms. The summed E-state index contributed by atoms with van der Waals surface area (Å²) in [6.07, 6.45) is 0. The van der Waals surface area contributed by atoms with Gasteiger partial charge in [0.2, 0.25) is 0 Å². The summed E-state index contributed by atoms with van der Waals surface area (Å²) in [5.41, 5.74) is 1.32. The molecule has 0 unspecified atom stereocenters. The first-order valence-electron chi connectivity index (χ1n) is 7.67. The average Bonchev–Trinajstić information content (AvgIpc) is 3.16. The number of carbonyl (C=O) groups excluding carboxylic acids is 1. The Labute approximate surface area is 157 Å². The van der Waals surface area contributed by atoms with E-state index in [2.05, 4.69) is 25.7 Å². The van der Waals surface area contributed by atoms with Gasteiger partial charge in [0.15, 0.2) is 11.0 Å². The van der Waals surface area contributed by atoms with E-state index in [1.54, 1.807) is 30.3 Å². The van der Waals surface area contributed by atoms with Crippen LogP contribution in [-0.4, -0.2) is 37.9 Å². The van der Waals surface area contributed by atoms with E-state index >= 15 is 0 Å². The van der Waals surface area contributed by atoms with Crippen LogP contribution in [0.4, 0.5) is 11.4 Å². The average molecular weight is 383 g/mol. The minimum Gasteiger partial charge on any atom is -0.481 e. The maximum Gasteiger partial charge on any atom is 0.313 e. The highest BCUT2D eigenvalue weighted by Gasteiger charge is 2.14. The second-order valence-corrected chi connectivity index (χ2v) is 6.31. The van der Waals surface area contributed by atoms with Crippen LogP contribution in [0.25, 0.3) is 11.4 Å². The Hall–Kier alpha value is -3.53. The van der Waals surface area contributed by atoms with Crippen molar-refractivity contribution in [2.45, 2.75) is 5.16 Å². The number of carboxylic acids is 1. The molecular formula is C17H13N5O4S. The summed E-state index contributed by atoms with van der Waals surface area (Å²) in [7, 11) is 0. The molecule has 0 radical (unpaired) electrons. The summed E-state index contributed by atoms with van der Waals surface area (Å²) in [4.78, 5) is 37.0. The number of nitroso groups, excluding NO2 is 1. The number of hydrogen-bond acceptors (Lipinski definition) is 7. The Kier molecular flexibility index (Phi) is 5.57. The summed E-state index contributed by atoms with van der Waals surface area (Å²) >= 11 is 0.973. The van der Waals surface area contributed by atoms with Gasteiger partial charge in [-0.3, -0.25) is 9.59 Å². The van der Waals surface area contributed by atoms with Crippen LogP contribution in [0.3, 0.4) is 0 Å². The number of anilines is 1. The number of rotatable bonds is 7. The van der Waals surface area contributed by atoms with E-state index in [1.165, 1.54) is 12.1 Å². The number of para-hydroxylation sites is 1. The van der Waals surface area contributed by atoms with Crippen molar-refractivity contribution < 1.29 is 14.7 Å². The molecule has 0 bridgehead atoms. The third kappa shape index (κ3) is 4.76. The Morgan fingerprint density at radius 1 is 1.15 bits per heavy atom. The van der Waals surface area contributed by atoms with E-state index in [0.29, 0.717) is 22.2 Å². The molecular weight excluding hydrogens is 370 g/mol. The molecule has 0 atom stereocenters. The maximum absolute atomic E-state index is 12.5. The van der Waals surface area contributed by atoms with E-state index in [1.807, 2.05) is 6.07 Å². The lowest BCUT2D eigenvalue weighted by molar-refractivity contribution is -0.133. The highest BCUT2D eigenvalue weighted by atomic mass is 32.2. The van der Waals surface area contributed by atoms with Crippen molar-refractivity contribution in [1.82, 2.24) is 15.2 Å². The highest BCUT2D eigenvalue weighted by Crippen LogP contribution is 2.26. The van der Waals surface area contributed by atoms with Gasteiger partial charge in [-0.2, -0.15) is 0 Å². The van der Waals surface area contributed by atoms with Gasteiger partial charge in [-0.25, -0.2) is 0 Å². The lowest BCUT2D eigenvalue weighted by Crippen LogP contribution is -2.11. The lowest BCUT2D eigenvalue weighted by Gasteiger charge is -2.07. The van der Waals surface area contributed by atoms with Crippen LogP contribution in [0.5, 0.6) is 0 Å². The van der Waals surface area contributed by atoms with E-state index in [-0.39, 0.29) is 17.0 Å². The van der Waals surface area contributed by atoms with Crippen LogP contribution < -0.4 is 5.32 Å². The minimum atomic E-state index is -0.982. The monoisotopic (exact) mass is 383 g/mol. The zero-order valence-electron chi connectivity index (χ0n) is 13.7. The molecule has 0 aliphatic heterocycles. The van der Waals surface area contributed by atoms with Crippen LogP contribution in [0, 0.1) is 4.91 Å². The first kappa shape index (κ1) is 18.3. The number of carboxylic acid groups (broad SMARTS) is 1. The van der Waals surface area contributed by atoms with Crippen LogP contribution in [-0.2, 0) is 4.79 Å². The molecule has 0 fully saturated rings. The smallest absolute Gasteiger partial charge is 0.313 e. The molecule has 0 aliphatic rings. The SMILES string of the molecule is O=Nc1cc(C(=O)Nc2ccccc2)cc(-c2nnc(SCC(=O)O)[nH]2)c1. The molecule has 27 heavy (non-hydrogen) atoms. The summed E-state index contributed by atoms with van der Waals surface area (Å²) in [6, 6.07) is 13.2. The van der Waals surface area contributed by atoms with E-state index in [9.17, 15) is 14.5 Å². The van der Waals surface area contributed by atoms with Crippen molar-refractivity contribution >= 4 is 35.0 Å². The molecule has 3 N–H and O–H groups in total. The van der Waals surface area contributed by atoms with E-state index in [4.69, 9.17) is 5.11 Å². The second kappa shape index (κ2) is 8.23. The molecule has 0 aliphatic carbocycles. The van der Waals surface area contributed by atoms with Crippen molar-refractivity contribution in [3.63, 3.8) is 0 Å². The van der Waals surface area contributed by atoms with Gasteiger partial charge >= 0.3 is 5.97 Å². The number of aromatic amines is 1. The first-order valence-corrected chi connectivity index (χ1v) is 8.66. The van der Waals surface area contributed by atoms with Crippen LogP contribution in [0.2, 0.25) is 0 Å².